The first-order valence-electron chi connectivity index (χ1n) is 27.9. The Labute approximate surface area is 396 Å². The predicted octanol–water partition coefficient (Wildman–Crippen LogP) is 10.5. The first-order chi connectivity index (χ1) is 32.0. The quantitative estimate of drug-likeness (QED) is 0.139. The Balaban J connectivity index is 0.772. The van der Waals surface area contributed by atoms with Gasteiger partial charge in [0.2, 0.25) is 23.6 Å². The van der Waals surface area contributed by atoms with Crippen LogP contribution >= 0.6 is 7.14 Å². The van der Waals surface area contributed by atoms with Gasteiger partial charge in [-0.25, -0.2) is 0 Å². The van der Waals surface area contributed by atoms with Crippen molar-refractivity contribution in [2.24, 2.45) is 29.6 Å². The Morgan fingerprint density at radius 3 is 1.45 bits per heavy atom. The van der Waals surface area contributed by atoms with Crippen LogP contribution in [0, 0.1) is 29.6 Å². The van der Waals surface area contributed by atoms with E-state index in [-0.39, 0.29) is 107 Å². The van der Waals surface area contributed by atoms with E-state index in [1.807, 2.05) is 0 Å². The lowest BCUT2D eigenvalue weighted by Crippen LogP contribution is -2.47. The molecular weight excluding hydrogens is 852 g/mol. The highest BCUT2D eigenvalue weighted by atomic mass is 31.2. The van der Waals surface area contributed by atoms with E-state index in [0.29, 0.717) is 37.9 Å². The molecule has 0 spiro atoms. The summed E-state index contributed by atoms with van der Waals surface area (Å²) >= 11 is 0. The second-order valence-electron chi connectivity index (χ2n) is 23.7. The van der Waals surface area contributed by atoms with Crippen molar-refractivity contribution in [3.63, 3.8) is 0 Å². The SMILES string of the molecule is CC1CCC(OC2CCCC(OC3CCC(N4C(=O)C5CCC(OC6CCC(OC7CCC8C(=O)N(C)C(=O)C8C7)CC6P(=O)(C6CCCCC6)C6CCCCC6)CC5C4=O)CC3)C2)CC1. The van der Waals surface area contributed by atoms with Gasteiger partial charge in [-0.3, -0.25) is 29.0 Å². The molecule has 0 aromatic carbocycles. The molecule has 0 N–H and O–H groups in total. The fraction of sp³-hybridized carbons (Fsp3) is 0.926. The van der Waals surface area contributed by atoms with Crippen molar-refractivity contribution >= 4 is 30.8 Å². The van der Waals surface area contributed by atoms with Crippen molar-refractivity contribution in [3.8, 4) is 0 Å². The van der Waals surface area contributed by atoms with Gasteiger partial charge in [0.1, 0.15) is 0 Å². The van der Waals surface area contributed by atoms with Crippen LogP contribution in [0.5, 0.6) is 0 Å². The first-order valence-corrected chi connectivity index (χ1v) is 29.8. The van der Waals surface area contributed by atoms with E-state index < -0.39 is 7.14 Å². The van der Waals surface area contributed by atoms with E-state index in [1.54, 1.807) is 11.9 Å². The number of imide groups is 2. The van der Waals surface area contributed by atoms with E-state index >= 15 is 4.57 Å². The maximum atomic E-state index is 16.4. The summed E-state index contributed by atoms with van der Waals surface area (Å²) in [7, 11) is -1.15. The number of fused-ring (bicyclic) bond motifs is 2. The third kappa shape index (κ3) is 9.98. The minimum Gasteiger partial charge on any atom is -0.375 e. The highest BCUT2D eigenvalue weighted by Gasteiger charge is 2.56. The molecule has 12 heteroatoms. The molecule has 4 amide bonds. The van der Waals surface area contributed by atoms with E-state index in [0.717, 1.165) is 141 Å². The van der Waals surface area contributed by atoms with Crippen LogP contribution in [0.4, 0.5) is 0 Å². The van der Waals surface area contributed by atoms with Crippen LogP contribution < -0.4 is 0 Å². The summed E-state index contributed by atoms with van der Waals surface area (Å²) in [6.45, 7) is 2.36. The molecule has 0 radical (unpaired) electrons. The Bertz CT molecular complexity index is 1740. The van der Waals surface area contributed by atoms with Gasteiger partial charge in [-0.1, -0.05) is 45.4 Å². The zero-order valence-electron chi connectivity index (χ0n) is 40.8. The molecule has 0 bridgehead atoms. The Hall–Kier alpha value is -1.65. The van der Waals surface area contributed by atoms with Gasteiger partial charge in [0, 0.05) is 30.1 Å². The van der Waals surface area contributed by atoms with Crippen molar-refractivity contribution in [3.05, 3.63) is 0 Å². The summed E-state index contributed by atoms with van der Waals surface area (Å²) in [5.41, 5.74) is 0.389. The average molecular weight is 937 g/mol. The number of ether oxygens (including phenoxy) is 4. The lowest BCUT2D eigenvalue weighted by Gasteiger charge is -2.49. The highest BCUT2D eigenvalue weighted by molar-refractivity contribution is 7.66. The second-order valence-corrected chi connectivity index (χ2v) is 27.4. The van der Waals surface area contributed by atoms with Gasteiger partial charge in [-0.05, 0) is 166 Å². The molecule has 2 aliphatic heterocycles. The smallest absolute Gasteiger partial charge is 0.233 e. The lowest BCUT2D eigenvalue weighted by atomic mass is 9.79. The van der Waals surface area contributed by atoms with Crippen LogP contribution in [0.25, 0.3) is 0 Å². The Morgan fingerprint density at radius 2 is 0.848 bits per heavy atom. The molecule has 11 nitrogen and oxygen atoms in total. The molecule has 2 heterocycles. The van der Waals surface area contributed by atoms with Crippen LogP contribution in [-0.4, -0.2) is 112 Å². The number of carbonyl (C=O) groups excluding carboxylic acids is 4. The third-order valence-corrected chi connectivity index (χ3v) is 24.5. The number of carbonyl (C=O) groups is 4. The maximum absolute atomic E-state index is 16.4. The molecule has 11 atom stereocenters. The molecule has 8 aliphatic carbocycles. The van der Waals surface area contributed by atoms with Crippen molar-refractivity contribution in [2.75, 3.05) is 7.05 Å². The van der Waals surface area contributed by atoms with E-state index in [9.17, 15) is 19.2 Å². The number of hydrogen-bond acceptors (Lipinski definition) is 9. The summed E-state index contributed by atoms with van der Waals surface area (Å²) < 4.78 is 44.1. The van der Waals surface area contributed by atoms with Gasteiger partial charge in [0.05, 0.1) is 79.6 Å². The zero-order valence-corrected chi connectivity index (χ0v) is 41.6. The molecule has 10 aliphatic rings. The molecular formula is C54H85N2O9P. The Kier molecular flexibility index (Phi) is 15.3. The largest absolute Gasteiger partial charge is 0.375 e. The van der Waals surface area contributed by atoms with Crippen LogP contribution in [0.2, 0.25) is 0 Å². The number of rotatable bonds is 12. The van der Waals surface area contributed by atoms with Crippen molar-refractivity contribution in [2.45, 2.75) is 278 Å². The third-order valence-electron chi connectivity index (χ3n) is 19.6. The molecule has 10 rings (SSSR count). The Morgan fingerprint density at radius 1 is 0.409 bits per heavy atom. The van der Waals surface area contributed by atoms with Crippen LogP contribution in [-0.2, 0) is 42.7 Å². The van der Waals surface area contributed by atoms with Crippen LogP contribution in [0.1, 0.15) is 206 Å². The first kappa shape index (κ1) is 48.0. The second kappa shape index (κ2) is 21.0. The van der Waals surface area contributed by atoms with Crippen molar-refractivity contribution in [1.29, 1.82) is 0 Å². The average Bonchev–Trinajstić information content (AvgIpc) is 3.72. The number of hydrogen-bond donors (Lipinski definition) is 0. The molecule has 370 valence electrons. The van der Waals surface area contributed by atoms with Gasteiger partial charge >= 0.3 is 0 Å². The van der Waals surface area contributed by atoms with Gasteiger partial charge in [-0.15, -0.1) is 0 Å². The van der Waals surface area contributed by atoms with E-state index in [1.165, 1.54) is 43.4 Å². The van der Waals surface area contributed by atoms with Crippen LogP contribution in [0.3, 0.4) is 0 Å². The molecule has 10 fully saturated rings. The summed E-state index contributed by atoms with van der Waals surface area (Å²) in [6, 6.07) is -0.0503. The topological polar surface area (TPSA) is 129 Å². The summed E-state index contributed by atoms with van der Waals surface area (Å²) in [4.78, 5) is 57.4. The maximum Gasteiger partial charge on any atom is 0.233 e. The normalized spacial score (nSPS) is 42.4. The fourth-order valence-corrected chi connectivity index (χ4v) is 21.2. The summed E-state index contributed by atoms with van der Waals surface area (Å²) in [5.74, 6) is -0.334. The van der Waals surface area contributed by atoms with Crippen molar-refractivity contribution in [1.82, 2.24) is 9.80 Å². The molecule has 66 heavy (non-hydrogen) atoms. The van der Waals surface area contributed by atoms with Gasteiger partial charge in [-0.2, -0.15) is 0 Å². The lowest BCUT2D eigenvalue weighted by molar-refractivity contribution is -0.146. The molecule has 11 unspecified atom stereocenters. The standard InChI is InChI=1S/C54H85N2O9P/c1-34-16-20-36(21-17-34)62-38-10-9-11-39(30-38)63-37-22-18-35(19-23-37)56-53(59)46-28-25-41(32-48(46)54(56)60)65-49-29-26-42(64-40-24-27-45-47(31-40)52(58)55(2)51(45)57)33-50(49)66(61,43-12-5-3-6-13-43)44-14-7-4-8-15-44/h34-50H,3-33H2,1-2H3. The summed E-state index contributed by atoms with van der Waals surface area (Å²) in [5, 5.41) is 0. The highest BCUT2D eigenvalue weighted by Crippen LogP contribution is 2.69. The predicted molar refractivity (Wildman–Crippen MR) is 253 cm³/mol. The van der Waals surface area contributed by atoms with Gasteiger partial charge in [0.25, 0.3) is 0 Å². The number of likely N-dealkylation sites (tertiary alicyclic amines) is 2. The number of amides is 4. The summed E-state index contributed by atoms with van der Waals surface area (Å²) in [6.07, 6.45) is 31.0. The monoisotopic (exact) mass is 937 g/mol. The van der Waals surface area contributed by atoms with E-state index in [4.69, 9.17) is 18.9 Å². The minimum atomic E-state index is -2.76. The minimum absolute atomic E-state index is 0.0131. The number of nitrogens with zero attached hydrogens (tertiary/aromatic N) is 2. The van der Waals surface area contributed by atoms with E-state index in [2.05, 4.69) is 6.92 Å². The van der Waals surface area contributed by atoms with Crippen LogP contribution in [0.15, 0.2) is 0 Å². The molecule has 0 aromatic rings. The zero-order chi connectivity index (χ0) is 45.5. The molecule has 0 aromatic heterocycles. The van der Waals surface area contributed by atoms with Gasteiger partial charge < -0.3 is 23.5 Å². The molecule has 8 saturated carbocycles. The van der Waals surface area contributed by atoms with Crippen molar-refractivity contribution < 1.29 is 42.7 Å². The molecule has 2 saturated heterocycles. The fourth-order valence-electron chi connectivity index (χ4n) is 15.9. The van der Waals surface area contributed by atoms with Gasteiger partial charge in [0.15, 0.2) is 0 Å².